The average molecular weight is 219 g/mol. The molecule has 0 spiro atoms. The van der Waals surface area contributed by atoms with Crippen LogP contribution in [0.4, 0.5) is 0 Å². The van der Waals surface area contributed by atoms with E-state index in [2.05, 4.69) is 35.2 Å². The highest BCUT2D eigenvalue weighted by Crippen LogP contribution is 2.16. The molecule has 1 aliphatic heterocycles. The first-order valence-electron chi connectivity index (χ1n) is 6.11. The van der Waals surface area contributed by atoms with Crippen LogP contribution in [0.5, 0.6) is 0 Å². The first kappa shape index (κ1) is 11.6. The van der Waals surface area contributed by atoms with Crippen molar-refractivity contribution in [2.75, 3.05) is 20.1 Å². The Labute approximate surface area is 97.9 Å². The van der Waals surface area contributed by atoms with Gasteiger partial charge in [-0.3, -0.25) is 4.98 Å². The van der Waals surface area contributed by atoms with E-state index in [9.17, 15) is 0 Å². The van der Waals surface area contributed by atoms with Gasteiger partial charge in [-0.05, 0) is 45.0 Å². The van der Waals surface area contributed by atoms with Gasteiger partial charge in [0.2, 0.25) is 0 Å². The molecule has 2 unspecified atom stereocenters. The van der Waals surface area contributed by atoms with E-state index in [0.717, 1.165) is 6.54 Å². The molecule has 2 rings (SSSR count). The summed E-state index contributed by atoms with van der Waals surface area (Å²) in [4.78, 5) is 6.60. The van der Waals surface area contributed by atoms with E-state index in [4.69, 9.17) is 0 Å². The van der Waals surface area contributed by atoms with Gasteiger partial charge in [0.1, 0.15) is 0 Å². The van der Waals surface area contributed by atoms with Gasteiger partial charge < -0.3 is 10.2 Å². The van der Waals surface area contributed by atoms with Crippen molar-refractivity contribution in [3.05, 3.63) is 30.1 Å². The molecule has 1 N–H and O–H groups in total. The summed E-state index contributed by atoms with van der Waals surface area (Å²) < 4.78 is 0. The van der Waals surface area contributed by atoms with Gasteiger partial charge in [-0.25, -0.2) is 0 Å². The fourth-order valence-electron chi connectivity index (χ4n) is 2.30. The van der Waals surface area contributed by atoms with Gasteiger partial charge in [0.05, 0.1) is 0 Å². The van der Waals surface area contributed by atoms with Crippen molar-refractivity contribution in [2.24, 2.45) is 0 Å². The van der Waals surface area contributed by atoms with E-state index in [-0.39, 0.29) is 0 Å². The lowest BCUT2D eigenvalue weighted by atomic mass is 10.1. The van der Waals surface area contributed by atoms with Crippen LogP contribution in [0.3, 0.4) is 0 Å². The largest absolute Gasteiger partial charge is 0.309 e. The number of aromatic nitrogens is 1. The van der Waals surface area contributed by atoms with Gasteiger partial charge in [0, 0.05) is 31.0 Å². The van der Waals surface area contributed by atoms with E-state index in [0.29, 0.717) is 12.1 Å². The second-order valence-electron chi connectivity index (χ2n) is 4.69. The molecule has 0 aliphatic carbocycles. The highest BCUT2D eigenvalue weighted by atomic mass is 15.2. The first-order valence-corrected chi connectivity index (χ1v) is 6.11. The van der Waals surface area contributed by atoms with Crippen LogP contribution in [-0.2, 0) is 0 Å². The van der Waals surface area contributed by atoms with Crippen molar-refractivity contribution < 1.29 is 0 Å². The van der Waals surface area contributed by atoms with Crippen LogP contribution < -0.4 is 5.32 Å². The number of hydrogen-bond donors (Lipinski definition) is 1. The molecule has 3 heteroatoms. The van der Waals surface area contributed by atoms with Crippen LogP contribution in [0.1, 0.15) is 31.4 Å². The molecule has 3 nitrogen and oxygen atoms in total. The molecule has 16 heavy (non-hydrogen) atoms. The third-order valence-electron chi connectivity index (χ3n) is 3.52. The standard InChI is InChI=1S/C13H21N3/c1-11(12-5-3-7-14-9-12)15-10-13-6-4-8-16(13)2/h3,5,7,9,11,13,15H,4,6,8,10H2,1-2H3. The van der Waals surface area contributed by atoms with Crippen molar-refractivity contribution in [3.8, 4) is 0 Å². The number of nitrogens with zero attached hydrogens (tertiary/aromatic N) is 2. The predicted molar refractivity (Wildman–Crippen MR) is 66.3 cm³/mol. The monoisotopic (exact) mass is 219 g/mol. The number of rotatable bonds is 4. The molecule has 88 valence electrons. The van der Waals surface area contributed by atoms with E-state index in [1.54, 1.807) is 0 Å². The molecule has 0 bridgehead atoms. The molecular weight excluding hydrogens is 198 g/mol. The molecule has 0 aromatic carbocycles. The lowest BCUT2D eigenvalue weighted by molar-refractivity contribution is 0.293. The molecule has 0 radical (unpaired) electrons. The van der Waals surface area contributed by atoms with Crippen LogP contribution in [-0.4, -0.2) is 36.1 Å². The Balaban J connectivity index is 1.82. The van der Waals surface area contributed by atoms with E-state index >= 15 is 0 Å². The summed E-state index contributed by atoms with van der Waals surface area (Å²) in [5, 5.41) is 3.59. The Morgan fingerprint density at radius 1 is 1.62 bits per heavy atom. The minimum Gasteiger partial charge on any atom is -0.309 e. The lowest BCUT2D eigenvalue weighted by Gasteiger charge is -2.22. The van der Waals surface area contributed by atoms with Crippen molar-refractivity contribution in [1.82, 2.24) is 15.2 Å². The second kappa shape index (κ2) is 5.41. The van der Waals surface area contributed by atoms with Crippen molar-refractivity contribution >= 4 is 0 Å². The molecule has 2 atom stereocenters. The maximum atomic E-state index is 4.15. The molecular formula is C13H21N3. The van der Waals surface area contributed by atoms with Crippen LogP contribution in [0, 0.1) is 0 Å². The zero-order valence-corrected chi connectivity index (χ0v) is 10.2. The van der Waals surface area contributed by atoms with E-state index in [1.807, 2.05) is 18.5 Å². The van der Waals surface area contributed by atoms with Crippen LogP contribution in [0.2, 0.25) is 0 Å². The SMILES string of the molecule is CC(NCC1CCCN1C)c1cccnc1. The summed E-state index contributed by atoms with van der Waals surface area (Å²) in [6, 6.07) is 5.22. The number of likely N-dealkylation sites (tertiary alicyclic amines) is 1. The van der Waals surface area contributed by atoms with Crippen molar-refractivity contribution in [3.63, 3.8) is 0 Å². The summed E-state index contributed by atoms with van der Waals surface area (Å²) in [7, 11) is 2.22. The minimum absolute atomic E-state index is 0.391. The van der Waals surface area contributed by atoms with Crippen molar-refractivity contribution in [1.29, 1.82) is 0 Å². The summed E-state index contributed by atoms with van der Waals surface area (Å²) >= 11 is 0. The predicted octanol–water partition coefficient (Wildman–Crippen LogP) is 1.83. The second-order valence-corrected chi connectivity index (χ2v) is 4.69. The topological polar surface area (TPSA) is 28.2 Å². The molecule has 1 saturated heterocycles. The first-order chi connectivity index (χ1) is 7.77. The highest BCUT2D eigenvalue weighted by Gasteiger charge is 2.20. The van der Waals surface area contributed by atoms with Gasteiger partial charge in [-0.15, -0.1) is 0 Å². The fourth-order valence-corrected chi connectivity index (χ4v) is 2.30. The zero-order chi connectivity index (χ0) is 11.4. The molecule has 0 amide bonds. The normalized spacial score (nSPS) is 23.5. The fraction of sp³-hybridized carbons (Fsp3) is 0.615. The highest BCUT2D eigenvalue weighted by molar-refractivity contribution is 5.12. The summed E-state index contributed by atoms with van der Waals surface area (Å²) in [5.74, 6) is 0. The summed E-state index contributed by atoms with van der Waals surface area (Å²) in [6.45, 7) is 4.52. The van der Waals surface area contributed by atoms with Gasteiger partial charge in [0.15, 0.2) is 0 Å². The molecule has 0 saturated carbocycles. The van der Waals surface area contributed by atoms with Gasteiger partial charge in [-0.2, -0.15) is 0 Å². The van der Waals surface area contributed by atoms with Crippen LogP contribution in [0.15, 0.2) is 24.5 Å². The van der Waals surface area contributed by atoms with E-state index in [1.165, 1.54) is 24.9 Å². The Bertz CT molecular complexity index is 312. The maximum Gasteiger partial charge on any atom is 0.0315 e. The lowest BCUT2D eigenvalue weighted by Crippen LogP contribution is -2.36. The number of pyridine rings is 1. The number of likely N-dealkylation sites (N-methyl/N-ethyl adjacent to an activating group) is 1. The number of nitrogens with one attached hydrogen (secondary N) is 1. The Morgan fingerprint density at radius 2 is 2.50 bits per heavy atom. The quantitative estimate of drug-likeness (QED) is 0.837. The van der Waals surface area contributed by atoms with Gasteiger partial charge >= 0.3 is 0 Å². The Morgan fingerprint density at radius 3 is 3.12 bits per heavy atom. The molecule has 1 aliphatic rings. The van der Waals surface area contributed by atoms with E-state index < -0.39 is 0 Å². The zero-order valence-electron chi connectivity index (χ0n) is 10.2. The molecule has 1 fully saturated rings. The van der Waals surface area contributed by atoms with Gasteiger partial charge in [-0.1, -0.05) is 6.07 Å². The number of hydrogen-bond acceptors (Lipinski definition) is 3. The molecule has 2 heterocycles. The smallest absolute Gasteiger partial charge is 0.0315 e. The van der Waals surface area contributed by atoms with Crippen molar-refractivity contribution in [2.45, 2.75) is 31.8 Å². The maximum absolute atomic E-state index is 4.15. The Hall–Kier alpha value is -0.930. The summed E-state index contributed by atoms with van der Waals surface area (Å²) in [6.07, 6.45) is 6.42. The van der Waals surface area contributed by atoms with Gasteiger partial charge in [0.25, 0.3) is 0 Å². The van der Waals surface area contributed by atoms with Crippen LogP contribution in [0.25, 0.3) is 0 Å². The summed E-state index contributed by atoms with van der Waals surface area (Å²) in [5.41, 5.74) is 1.27. The van der Waals surface area contributed by atoms with Crippen LogP contribution >= 0.6 is 0 Å². The third kappa shape index (κ3) is 2.80. The minimum atomic E-state index is 0.391. The Kier molecular flexibility index (Phi) is 3.91. The molecule has 1 aromatic rings. The average Bonchev–Trinajstić information content (AvgIpc) is 2.73. The third-order valence-corrected chi connectivity index (χ3v) is 3.52. The molecule has 1 aromatic heterocycles.